The second-order valence-electron chi connectivity index (χ2n) is 5.03. The maximum atomic E-state index is 11.0. The van der Waals surface area contributed by atoms with Crippen molar-refractivity contribution in [1.82, 2.24) is 10.2 Å². The van der Waals surface area contributed by atoms with Crippen molar-refractivity contribution in [3.63, 3.8) is 0 Å². The van der Waals surface area contributed by atoms with E-state index >= 15 is 0 Å². The van der Waals surface area contributed by atoms with E-state index in [0.717, 1.165) is 13.1 Å². The van der Waals surface area contributed by atoms with E-state index in [1.54, 1.807) is 13.8 Å². The molecule has 0 aromatic carbocycles. The Morgan fingerprint density at radius 2 is 2.06 bits per heavy atom. The number of primary amides is 1. The van der Waals surface area contributed by atoms with Crippen molar-refractivity contribution in [3.8, 4) is 0 Å². The standard InChI is InChI=1S/C11H23N3O2/c1-11(2,10(12)16)13-7-9(15)8-14-5-3-4-6-14/h9,13,15H,3-8H2,1-2H3,(H2,12,16). The molecule has 5 nitrogen and oxygen atoms in total. The zero-order valence-corrected chi connectivity index (χ0v) is 10.2. The van der Waals surface area contributed by atoms with Gasteiger partial charge in [-0.1, -0.05) is 0 Å². The number of aliphatic hydroxyl groups excluding tert-OH is 1. The smallest absolute Gasteiger partial charge is 0.237 e. The molecule has 1 fully saturated rings. The van der Waals surface area contributed by atoms with Crippen LogP contribution in [0.1, 0.15) is 26.7 Å². The number of hydrogen-bond donors (Lipinski definition) is 3. The molecule has 1 rings (SSSR count). The van der Waals surface area contributed by atoms with Crippen molar-refractivity contribution in [3.05, 3.63) is 0 Å². The minimum Gasteiger partial charge on any atom is -0.390 e. The minimum absolute atomic E-state index is 0.395. The lowest BCUT2D eigenvalue weighted by molar-refractivity contribution is -0.123. The number of rotatable bonds is 6. The lowest BCUT2D eigenvalue weighted by Gasteiger charge is -2.26. The van der Waals surface area contributed by atoms with Crippen LogP contribution in [-0.4, -0.2) is 53.7 Å². The Balaban J connectivity index is 2.23. The highest BCUT2D eigenvalue weighted by atomic mass is 16.3. The van der Waals surface area contributed by atoms with Crippen molar-refractivity contribution < 1.29 is 9.90 Å². The van der Waals surface area contributed by atoms with Gasteiger partial charge in [-0.2, -0.15) is 0 Å². The highest BCUT2D eigenvalue weighted by molar-refractivity contribution is 5.83. The Morgan fingerprint density at radius 1 is 1.50 bits per heavy atom. The Bertz CT molecular complexity index is 237. The molecule has 0 aromatic rings. The Hall–Kier alpha value is -0.650. The highest BCUT2D eigenvalue weighted by Crippen LogP contribution is 2.08. The van der Waals surface area contributed by atoms with Gasteiger partial charge in [0.15, 0.2) is 0 Å². The molecule has 1 aliphatic rings. The summed E-state index contributed by atoms with van der Waals surface area (Å²) in [6.45, 7) is 6.64. The molecule has 4 N–H and O–H groups in total. The van der Waals surface area contributed by atoms with Crippen molar-refractivity contribution in [2.75, 3.05) is 26.2 Å². The topological polar surface area (TPSA) is 78.6 Å². The summed E-state index contributed by atoms with van der Waals surface area (Å²) in [5.41, 5.74) is 4.47. The van der Waals surface area contributed by atoms with E-state index in [9.17, 15) is 9.90 Å². The second kappa shape index (κ2) is 5.61. The van der Waals surface area contributed by atoms with Gasteiger partial charge in [0.1, 0.15) is 0 Å². The van der Waals surface area contributed by atoms with Crippen molar-refractivity contribution in [2.45, 2.75) is 38.3 Å². The van der Waals surface area contributed by atoms with Gasteiger partial charge in [-0.3, -0.25) is 4.79 Å². The molecule has 1 heterocycles. The van der Waals surface area contributed by atoms with E-state index in [1.807, 2.05) is 0 Å². The van der Waals surface area contributed by atoms with Gasteiger partial charge >= 0.3 is 0 Å². The molecule has 5 heteroatoms. The van der Waals surface area contributed by atoms with Gasteiger partial charge in [-0.25, -0.2) is 0 Å². The molecule has 0 aliphatic carbocycles. The first-order valence-electron chi connectivity index (χ1n) is 5.87. The van der Waals surface area contributed by atoms with Crippen LogP contribution in [0.5, 0.6) is 0 Å². The van der Waals surface area contributed by atoms with Crippen LogP contribution in [0, 0.1) is 0 Å². The van der Waals surface area contributed by atoms with E-state index in [1.165, 1.54) is 12.8 Å². The maximum Gasteiger partial charge on any atom is 0.237 e. The fourth-order valence-corrected chi connectivity index (χ4v) is 1.79. The van der Waals surface area contributed by atoms with Crippen LogP contribution >= 0.6 is 0 Å². The molecule has 1 aliphatic heterocycles. The zero-order chi connectivity index (χ0) is 12.2. The fraction of sp³-hybridized carbons (Fsp3) is 0.909. The lowest BCUT2D eigenvalue weighted by atomic mass is 10.1. The summed E-state index contributed by atoms with van der Waals surface area (Å²) in [5, 5.41) is 12.8. The predicted molar refractivity (Wildman–Crippen MR) is 63.0 cm³/mol. The Labute approximate surface area is 97.0 Å². The number of β-amino-alcohol motifs (C(OH)–C–C–N with tert-alkyl or cyclic N) is 1. The monoisotopic (exact) mass is 229 g/mol. The number of likely N-dealkylation sites (tertiary alicyclic amines) is 1. The number of aliphatic hydroxyl groups is 1. The normalized spacial score (nSPS) is 19.9. The number of carbonyl (C=O) groups is 1. The molecule has 0 radical (unpaired) electrons. The summed E-state index contributed by atoms with van der Waals surface area (Å²) >= 11 is 0. The van der Waals surface area contributed by atoms with Crippen molar-refractivity contribution >= 4 is 5.91 Å². The van der Waals surface area contributed by atoms with Crippen molar-refractivity contribution in [2.24, 2.45) is 5.73 Å². The SMILES string of the molecule is CC(C)(NCC(O)CN1CCCC1)C(N)=O. The van der Waals surface area contributed by atoms with E-state index in [4.69, 9.17) is 5.73 Å². The third-order valence-electron chi connectivity index (χ3n) is 3.06. The van der Waals surface area contributed by atoms with Crippen LogP contribution in [0.25, 0.3) is 0 Å². The van der Waals surface area contributed by atoms with Crippen LogP contribution in [0.3, 0.4) is 0 Å². The van der Waals surface area contributed by atoms with E-state index in [-0.39, 0.29) is 0 Å². The quantitative estimate of drug-likeness (QED) is 0.562. The summed E-state index contributed by atoms with van der Waals surface area (Å²) in [6.07, 6.45) is 1.98. The summed E-state index contributed by atoms with van der Waals surface area (Å²) in [6, 6.07) is 0. The van der Waals surface area contributed by atoms with Gasteiger partial charge in [-0.05, 0) is 39.8 Å². The van der Waals surface area contributed by atoms with Crippen LogP contribution in [0.4, 0.5) is 0 Å². The number of nitrogens with zero attached hydrogens (tertiary/aromatic N) is 1. The molecular formula is C11H23N3O2. The van der Waals surface area contributed by atoms with Crippen molar-refractivity contribution in [1.29, 1.82) is 0 Å². The first-order valence-corrected chi connectivity index (χ1v) is 5.87. The number of carbonyl (C=O) groups excluding carboxylic acids is 1. The second-order valence-corrected chi connectivity index (χ2v) is 5.03. The fourth-order valence-electron chi connectivity index (χ4n) is 1.79. The molecule has 0 saturated carbocycles. The zero-order valence-electron chi connectivity index (χ0n) is 10.2. The molecule has 94 valence electrons. The van der Waals surface area contributed by atoms with Crippen LogP contribution in [0.2, 0.25) is 0 Å². The molecule has 1 atom stereocenters. The summed E-state index contributed by atoms with van der Waals surface area (Å²) in [5.74, 6) is -0.402. The van der Waals surface area contributed by atoms with Crippen LogP contribution < -0.4 is 11.1 Å². The van der Waals surface area contributed by atoms with Gasteiger partial charge in [0.05, 0.1) is 11.6 Å². The molecule has 1 amide bonds. The lowest BCUT2D eigenvalue weighted by Crippen LogP contribution is -2.53. The summed E-state index contributed by atoms with van der Waals surface area (Å²) in [7, 11) is 0. The molecule has 0 spiro atoms. The Morgan fingerprint density at radius 3 is 2.56 bits per heavy atom. The highest BCUT2D eigenvalue weighted by Gasteiger charge is 2.25. The minimum atomic E-state index is -0.758. The average Bonchev–Trinajstić information content (AvgIpc) is 2.67. The number of amides is 1. The van der Waals surface area contributed by atoms with Crippen LogP contribution in [0.15, 0.2) is 0 Å². The summed E-state index contributed by atoms with van der Waals surface area (Å²) < 4.78 is 0. The average molecular weight is 229 g/mol. The molecule has 0 aromatic heterocycles. The maximum absolute atomic E-state index is 11.0. The first kappa shape index (κ1) is 13.4. The van der Waals surface area contributed by atoms with E-state index < -0.39 is 17.6 Å². The Kier molecular flexibility index (Phi) is 4.70. The molecule has 16 heavy (non-hydrogen) atoms. The first-order chi connectivity index (χ1) is 7.42. The molecule has 0 bridgehead atoms. The van der Waals surface area contributed by atoms with Gasteiger partial charge in [0, 0.05) is 13.1 Å². The number of nitrogens with one attached hydrogen (secondary N) is 1. The third-order valence-corrected chi connectivity index (χ3v) is 3.06. The van der Waals surface area contributed by atoms with Gasteiger partial charge in [0.25, 0.3) is 0 Å². The number of nitrogens with two attached hydrogens (primary N) is 1. The molecule has 1 saturated heterocycles. The summed E-state index contributed by atoms with van der Waals surface area (Å²) in [4.78, 5) is 13.3. The molecule has 1 unspecified atom stereocenters. The molecular weight excluding hydrogens is 206 g/mol. The van der Waals surface area contributed by atoms with E-state index in [0.29, 0.717) is 13.1 Å². The predicted octanol–water partition coefficient (Wildman–Crippen LogP) is -0.703. The van der Waals surface area contributed by atoms with Gasteiger partial charge < -0.3 is 21.1 Å². The van der Waals surface area contributed by atoms with E-state index in [2.05, 4.69) is 10.2 Å². The largest absolute Gasteiger partial charge is 0.390 e. The number of hydrogen-bond acceptors (Lipinski definition) is 4. The third kappa shape index (κ3) is 4.08. The van der Waals surface area contributed by atoms with Gasteiger partial charge in [-0.15, -0.1) is 0 Å². The van der Waals surface area contributed by atoms with Crippen LogP contribution in [-0.2, 0) is 4.79 Å². The van der Waals surface area contributed by atoms with Gasteiger partial charge in [0.2, 0.25) is 5.91 Å².